The second kappa shape index (κ2) is 6.43. The smallest absolute Gasteiger partial charge is 0.218 e. The molecule has 1 aromatic heterocycles. The Kier molecular flexibility index (Phi) is 5.11. The molecule has 4 nitrogen and oxygen atoms in total. The van der Waals surface area contributed by atoms with Gasteiger partial charge in [-0.05, 0) is 44.6 Å². The number of halogens is 1. The molecule has 0 fully saturated rings. The van der Waals surface area contributed by atoms with Crippen LogP contribution in [-0.2, 0) is 25.7 Å². The van der Waals surface area contributed by atoms with Crippen molar-refractivity contribution in [2.45, 2.75) is 51.4 Å². The predicted octanol–water partition coefficient (Wildman–Crippen LogP) is -0.969. The van der Waals surface area contributed by atoms with Crippen molar-refractivity contribution < 1.29 is 28.9 Å². The Balaban J connectivity index is 0.000000232. The zero-order chi connectivity index (χ0) is 13.9. The minimum Gasteiger partial charge on any atom is -0.222 e. The van der Waals surface area contributed by atoms with Gasteiger partial charge >= 0.3 is 0 Å². The third-order valence-electron chi connectivity index (χ3n) is 3.51. The fraction of sp³-hybridized carbons (Fsp3) is 0.615. The molecule has 0 spiro atoms. The minimum absolute atomic E-state index is 1.35. The molecular formula is C13H17ClO4S. The maximum atomic E-state index is 8.49. The van der Waals surface area contributed by atoms with Crippen molar-refractivity contribution in [3.8, 4) is 0 Å². The summed E-state index contributed by atoms with van der Waals surface area (Å²) >= 11 is 2.13. The van der Waals surface area contributed by atoms with Crippen molar-refractivity contribution in [2.75, 3.05) is 0 Å². The van der Waals surface area contributed by atoms with E-state index in [2.05, 4.69) is 17.4 Å². The van der Waals surface area contributed by atoms with Gasteiger partial charge in [0, 0.05) is 24.0 Å². The van der Waals surface area contributed by atoms with Crippen LogP contribution in [0.15, 0.2) is 6.07 Å². The summed E-state index contributed by atoms with van der Waals surface area (Å²) in [5.41, 5.74) is 3.36. The average Bonchev–Trinajstić information content (AvgIpc) is 2.34. The van der Waals surface area contributed by atoms with Crippen LogP contribution in [0.1, 0.15) is 46.6 Å². The third-order valence-corrected chi connectivity index (χ3v) is 4.94. The Morgan fingerprint density at radius 3 is 1.53 bits per heavy atom. The summed E-state index contributed by atoms with van der Waals surface area (Å²) in [5, 5.41) is 0. The van der Waals surface area contributed by atoms with Crippen LogP contribution in [0.5, 0.6) is 0 Å². The molecule has 0 aromatic carbocycles. The molecule has 3 rings (SSSR count). The molecule has 0 amide bonds. The van der Waals surface area contributed by atoms with Crippen molar-refractivity contribution in [3.63, 3.8) is 0 Å². The van der Waals surface area contributed by atoms with E-state index in [0.29, 0.717) is 0 Å². The van der Waals surface area contributed by atoms with Crippen molar-refractivity contribution in [1.29, 1.82) is 0 Å². The van der Waals surface area contributed by atoms with Crippen LogP contribution in [0.3, 0.4) is 0 Å². The van der Waals surface area contributed by atoms with Gasteiger partial charge in [-0.3, -0.25) is 0 Å². The second-order valence-corrected chi connectivity index (χ2v) is 6.88. The number of fused-ring (bicyclic) bond motifs is 2. The fourth-order valence-electron chi connectivity index (χ4n) is 2.70. The topological polar surface area (TPSA) is 92.2 Å². The van der Waals surface area contributed by atoms with E-state index in [4.69, 9.17) is 18.6 Å². The molecule has 0 radical (unpaired) electrons. The molecule has 0 aliphatic heterocycles. The molecule has 0 atom stereocenters. The normalized spacial score (nSPS) is 17.9. The average molecular weight is 305 g/mol. The summed E-state index contributed by atoms with van der Waals surface area (Å²) in [6.45, 7) is 0. The number of hydrogen-bond acceptors (Lipinski definition) is 4. The molecule has 0 saturated heterocycles. The summed E-state index contributed by atoms with van der Waals surface area (Å²) in [5.74, 6) is 0. The summed E-state index contributed by atoms with van der Waals surface area (Å²) in [7, 11) is -4.94. The molecule has 1 aromatic rings. The van der Waals surface area contributed by atoms with Gasteiger partial charge in [-0.2, -0.15) is 0 Å². The van der Waals surface area contributed by atoms with Crippen LogP contribution in [0, 0.1) is 10.2 Å². The van der Waals surface area contributed by atoms with Crippen LogP contribution in [-0.4, -0.2) is 0 Å². The Morgan fingerprint density at radius 2 is 1.11 bits per heavy atom. The highest BCUT2D eigenvalue weighted by atomic mass is 35.7. The van der Waals surface area contributed by atoms with Crippen molar-refractivity contribution in [3.05, 3.63) is 26.9 Å². The minimum atomic E-state index is -4.94. The number of aryl methyl sites for hydroxylation is 4. The van der Waals surface area contributed by atoms with Gasteiger partial charge in [0.2, 0.25) is 21.1 Å². The van der Waals surface area contributed by atoms with Crippen LogP contribution in [0.25, 0.3) is 0 Å². The number of hydrogen-bond donors (Lipinski definition) is 0. The Hall–Kier alpha value is -0.300. The van der Waals surface area contributed by atoms with Gasteiger partial charge < -0.3 is 0 Å². The van der Waals surface area contributed by atoms with Crippen molar-refractivity contribution in [2.24, 2.45) is 0 Å². The second-order valence-electron chi connectivity index (χ2n) is 4.94. The molecule has 0 N–H and O–H groups in total. The lowest BCUT2D eigenvalue weighted by Gasteiger charge is -2.17. The largest absolute Gasteiger partial charge is 0.222 e. The van der Waals surface area contributed by atoms with Crippen LogP contribution in [0.2, 0.25) is 0 Å². The van der Waals surface area contributed by atoms with Gasteiger partial charge in [0.05, 0.1) is 0 Å². The van der Waals surface area contributed by atoms with E-state index >= 15 is 0 Å². The van der Waals surface area contributed by atoms with Gasteiger partial charge in [-0.15, -0.1) is 10.2 Å². The lowest BCUT2D eigenvalue weighted by molar-refractivity contribution is -2.00. The van der Waals surface area contributed by atoms with E-state index in [0.717, 1.165) is 0 Å². The van der Waals surface area contributed by atoms with Gasteiger partial charge in [0.15, 0.2) is 0 Å². The van der Waals surface area contributed by atoms with Crippen LogP contribution < -0.4 is 18.6 Å². The SMILES string of the molecule is [O-][Cl+3]([O-])([O-])[O-].c1c2c([s+]c3c1CCCC3)CCCC2. The maximum absolute atomic E-state index is 8.49. The van der Waals surface area contributed by atoms with E-state index in [9.17, 15) is 0 Å². The molecule has 19 heavy (non-hydrogen) atoms. The highest BCUT2D eigenvalue weighted by Crippen LogP contribution is 2.33. The summed E-state index contributed by atoms with van der Waals surface area (Å²) in [6.07, 6.45) is 11.1. The molecule has 6 heteroatoms. The van der Waals surface area contributed by atoms with E-state index in [1.807, 2.05) is 0 Å². The van der Waals surface area contributed by atoms with Gasteiger partial charge in [-0.25, -0.2) is 18.6 Å². The Bertz CT molecular complexity index is 373. The summed E-state index contributed by atoms with van der Waals surface area (Å²) in [6, 6.07) is 2.53. The number of rotatable bonds is 0. The Morgan fingerprint density at radius 1 is 0.737 bits per heavy atom. The standard InChI is InChI=1S/C13H17S.ClHO4/c1-3-7-12-10(5-1)9-11-6-2-4-8-13(11)14-12;2-1(3,4)5/h9H,1-8H2;(H,2,3,4,5)/q+1;/p-1. The van der Waals surface area contributed by atoms with Crippen LogP contribution >= 0.6 is 11.3 Å². The first-order chi connectivity index (χ1) is 8.93. The molecule has 2 aliphatic rings. The van der Waals surface area contributed by atoms with Crippen molar-refractivity contribution in [1.82, 2.24) is 0 Å². The lowest BCUT2D eigenvalue weighted by atomic mass is 9.93. The first kappa shape index (κ1) is 15.1. The monoisotopic (exact) mass is 304 g/mol. The molecule has 2 aliphatic carbocycles. The predicted molar refractivity (Wildman–Crippen MR) is 62.0 cm³/mol. The van der Waals surface area contributed by atoms with E-state index in [1.54, 1.807) is 20.9 Å². The summed E-state index contributed by atoms with van der Waals surface area (Å²) in [4.78, 5) is 3.41. The van der Waals surface area contributed by atoms with E-state index in [1.165, 1.54) is 51.4 Å². The molecular weight excluding hydrogens is 288 g/mol. The van der Waals surface area contributed by atoms with Crippen molar-refractivity contribution >= 4 is 11.3 Å². The van der Waals surface area contributed by atoms with Gasteiger partial charge in [0.1, 0.15) is 0 Å². The highest BCUT2D eigenvalue weighted by Gasteiger charge is 2.25. The van der Waals surface area contributed by atoms with Gasteiger partial charge in [-0.1, -0.05) is 0 Å². The first-order valence-corrected chi connectivity index (χ1v) is 8.57. The lowest BCUT2D eigenvalue weighted by Crippen LogP contribution is -2.68. The molecule has 1 heterocycles. The Labute approximate surface area is 119 Å². The van der Waals surface area contributed by atoms with Gasteiger partial charge in [0.25, 0.3) is 0 Å². The third kappa shape index (κ3) is 4.95. The van der Waals surface area contributed by atoms with Crippen LogP contribution in [0.4, 0.5) is 0 Å². The molecule has 0 saturated carbocycles. The molecule has 0 unspecified atom stereocenters. The fourth-order valence-corrected chi connectivity index (χ4v) is 4.07. The quantitative estimate of drug-likeness (QED) is 0.577. The zero-order valence-electron chi connectivity index (χ0n) is 10.7. The maximum Gasteiger partial charge on any atom is 0.218 e. The first-order valence-electron chi connectivity index (χ1n) is 6.52. The highest BCUT2D eigenvalue weighted by molar-refractivity contribution is 7.11. The zero-order valence-corrected chi connectivity index (χ0v) is 12.2. The van der Waals surface area contributed by atoms with E-state index in [-0.39, 0.29) is 0 Å². The molecule has 106 valence electrons. The van der Waals surface area contributed by atoms with E-state index < -0.39 is 10.2 Å². The molecule has 0 bridgehead atoms. The summed E-state index contributed by atoms with van der Waals surface area (Å²) < 4.78 is 34.0.